The number of ether oxygens (including phenoxy) is 1. The van der Waals surface area contributed by atoms with Crippen LogP contribution in [0.2, 0.25) is 0 Å². The third-order valence-corrected chi connectivity index (χ3v) is 6.20. The van der Waals surface area contributed by atoms with E-state index in [0.29, 0.717) is 35.5 Å². The van der Waals surface area contributed by atoms with Crippen molar-refractivity contribution < 1.29 is 14.3 Å². The van der Waals surface area contributed by atoms with Crippen molar-refractivity contribution in [3.63, 3.8) is 0 Å². The van der Waals surface area contributed by atoms with E-state index < -0.39 is 5.91 Å². The highest BCUT2D eigenvalue weighted by atomic mass is 16.5. The van der Waals surface area contributed by atoms with Crippen molar-refractivity contribution in [1.82, 2.24) is 24.4 Å². The summed E-state index contributed by atoms with van der Waals surface area (Å²) >= 11 is 0. The number of rotatable bonds is 8. The van der Waals surface area contributed by atoms with Crippen LogP contribution >= 0.6 is 0 Å². The van der Waals surface area contributed by atoms with E-state index in [4.69, 9.17) is 15.7 Å². The maximum Gasteiger partial charge on any atom is 0.327 e. The molecule has 0 spiro atoms. The first kappa shape index (κ1) is 23.8. The smallest absolute Gasteiger partial charge is 0.327 e. The van der Waals surface area contributed by atoms with Crippen molar-refractivity contribution in [3.8, 4) is 17.2 Å². The molecule has 188 valence electrons. The number of esters is 1. The Bertz CT molecular complexity index is 1500. The average molecular weight is 500 g/mol. The number of anilines is 2. The molecular formula is C25H25N9O3. The molecule has 0 radical (unpaired) electrons. The molecule has 1 amide bonds. The molecule has 37 heavy (non-hydrogen) atoms. The number of carbonyl (C=O) groups excluding carboxylic acids is 2. The van der Waals surface area contributed by atoms with Crippen LogP contribution in [0.5, 0.6) is 0 Å². The summed E-state index contributed by atoms with van der Waals surface area (Å²) in [6.45, 7) is 3.52. The van der Waals surface area contributed by atoms with Gasteiger partial charge in [-0.1, -0.05) is 0 Å². The number of fused-ring (bicyclic) bond motifs is 1. The van der Waals surface area contributed by atoms with E-state index in [-0.39, 0.29) is 18.6 Å². The van der Waals surface area contributed by atoms with Crippen LogP contribution < -0.4 is 16.0 Å². The lowest BCUT2D eigenvalue weighted by Gasteiger charge is -2.19. The SMILES string of the molecule is CCOC(=O)Cn1cc(-c2cc3c(N[C@H]4CCN(c5ccc(C#N)cn5)C4)c(C(N)=O)cnn3c2)cn1. The Morgan fingerprint density at radius 3 is 2.81 bits per heavy atom. The van der Waals surface area contributed by atoms with Crippen LogP contribution in [-0.4, -0.2) is 62.0 Å². The van der Waals surface area contributed by atoms with Crippen molar-refractivity contribution in [2.45, 2.75) is 25.9 Å². The molecule has 1 aliphatic rings. The number of nitrogens with one attached hydrogen (secondary N) is 1. The summed E-state index contributed by atoms with van der Waals surface area (Å²) in [5, 5.41) is 21.1. The molecule has 4 aromatic heterocycles. The molecule has 3 N–H and O–H groups in total. The van der Waals surface area contributed by atoms with Crippen molar-refractivity contribution in [2.24, 2.45) is 5.73 Å². The van der Waals surface area contributed by atoms with Crippen LogP contribution in [0.1, 0.15) is 29.3 Å². The van der Waals surface area contributed by atoms with Gasteiger partial charge in [-0.15, -0.1) is 0 Å². The first-order valence-electron chi connectivity index (χ1n) is 11.8. The summed E-state index contributed by atoms with van der Waals surface area (Å²) in [5.74, 6) is -0.144. The predicted octanol–water partition coefficient (Wildman–Crippen LogP) is 1.82. The molecule has 0 aromatic carbocycles. The second-order valence-electron chi connectivity index (χ2n) is 8.68. The monoisotopic (exact) mass is 499 g/mol. The second-order valence-corrected chi connectivity index (χ2v) is 8.68. The molecule has 1 atom stereocenters. The van der Waals surface area contributed by atoms with E-state index in [1.165, 1.54) is 10.9 Å². The Morgan fingerprint density at radius 2 is 2.08 bits per heavy atom. The van der Waals surface area contributed by atoms with Gasteiger partial charge in [0.1, 0.15) is 18.4 Å². The maximum absolute atomic E-state index is 12.3. The molecule has 12 nitrogen and oxygen atoms in total. The number of pyridine rings is 1. The summed E-state index contributed by atoms with van der Waals surface area (Å²) in [5.41, 5.74) is 9.41. The minimum Gasteiger partial charge on any atom is -0.465 e. The number of primary amides is 1. The van der Waals surface area contributed by atoms with Gasteiger partial charge in [0, 0.05) is 48.8 Å². The van der Waals surface area contributed by atoms with E-state index in [9.17, 15) is 9.59 Å². The number of carbonyl (C=O) groups is 2. The molecule has 0 saturated carbocycles. The van der Waals surface area contributed by atoms with Crippen LogP contribution in [0, 0.1) is 11.3 Å². The third-order valence-electron chi connectivity index (χ3n) is 6.20. The van der Waals surface area contributed by atoms with Crippen LogP contribution in [-0.2, 0) is 16.1 Å². The summed E-state index contributed by atoms with van der Waals surface area (Å²) in [6.07, 6.45) is 9.09. The molecular weight excluding hydrogens is 474 g/mol. The third kappa shape index (κ3) is 4.92. The number of nitrogens with zero attached hydrogens (tertiary/aromatic N) is 7. The quantitative estimate of drug-likeness (QED) is 0.345. The fraction of sp³-hybridized carbons (Fsp3) is 0.280. The number of hydrogen-bond donors (Lipinski definition) is 2. The summed E-state index contributed by atoms with van der Waals surface area (Å²) in [7, 11) is 0. The maximum atomic E-state index is 12.3. The van der Waals surface area contributed by atoms with Gasteiger partial charge in [-0.05, 0) is 31.5 Å². The van der Waals surface area contributed by atoms with Gasteiger partial charge < -0.3 is 20.7 Å². The summed E-state index contributed by atoms with van der Waals surface area (Å²) in [6, 6.07) is 7.60. The number of amides is 1. The zero-order valence-electron chi connectivity index (χ0n) is 20.2. The van der Waals surface area contributed by atoms with E-state index in [0.717, 1.165) is 29.9 Å². The standard InChI is InChI=1S/C25H25N9O3/c1-2-37-23(35)15-33-12-18(10-29-33)17-7-21-24(20(25(27)36)11-30-34(21)13-17)31-19-5-6-32(14-19)22-4-3-16(8-26)9-28-22/h3-4,7,9-13,19,31H,2,5-6,14-15H2,1H3,(H2,27,36)/t19-/m0/s1. The van der Waals surface area contributed by atoms with Gasteiger partial charge >= 0.3 is 5.97 Å². The first-order valence-corrected chi connectivity index (χ1v) is 11.8. The van der Waals surface area contributed by atoms with Gasteiger partial charge in [-0.2, -0.15) is 15.5 Å². The van der Waals surface area contributed by atoms with Crippen LogP contribution in [0.4, 0.5) is 11.5 Å². The molecule has 0 aliphatic carbocycles. The Balaban J connectivity index is 1.40. The first-order chi connectivity index (χ1) is 17.9. The molecule has 0 bridgehead atoms. The molecule has 12 heteroatoms. The highest BCUT2D eigenvalue weighted by Gasteiger charge is 2.26. The lowest BCUT2D eigenvalue weighted by Crippen LogP contribution is -2.28. The van der Waals surface area contributed by atoms with Crippen molar-refractivity contribution in [1.29, 1.82) is 5.26 Å². The second kappa shape index (κ2) is 9.98. The van der Waals surface area contributed by atoms with Gasteiger partial charge in [0.2, 0.25) is 0 Å². The van der Waals surface area contributed by atoms with E-state index >= 15 is 0 Å². The highest BCUT2D eigenvalue weighted by Crippen LogP contribution is 2.30. The Morgan fingerprint density at radius 1 is 1.22 bits per heavy atom. The summed E-state index contributed by atoms with van der Waals surface area (Å²) < 4.78 is 8.18. The molecule has 1 fully saturated rings. The van der Waals surface area contributed by atoms with E-state index in [1.54, 1.807) is 36.1 Å². The van der Waals surface area contributed by atoms with Gasteiger partial charge in [0.15, 0.2) is 0 Å². The normalized spacial score (nSPS) is 15.0. The van der Waals surface area contributed by atoms with E-state index in [1.807, 2.05) is 18.3 Å². The number of aromatic nitrogens is 5. The Kier molecular flexibility index (Phi) is 6.42. The van der Waals surface area contributed by atoms with Crippen molar-refractivity contribution >= 4 is 28.9 Å². The molecule has 0 unspecified atom stereocenters. The zero-order valence-corrected chi connectivity index (χ0v) is 20.2. The predicted molar refractivity (Wildman–Crippen MR) is 135 cm³/mol. The molecule has 5 rings (SSSR count). The highest BCUT2D eigenvalue weighted by molar-refractivity contribution is 6.02. The minimum absolute atomic E-state index is 0.0182. The van der Waals surface area contributed by atoms with Crippen LogP contribution in [0.15, 0.2) is 49.2 Å². The van der Waals surface area contributed by atoms with Gasteiger partial charge in [0.25, 0.3) is 5.91 Å². The topological polar surface area (TPSA) is 156 Å². The molecule has 1 saturated heterocycles. The summed E-state index contributed by atoms with van der Waals surface area (Å²) in [4.78, 5) is 30.5. The average Bonchev–Trinajstić information content (AvgIpc) is 3.64. The van der Waals surface area contributed by atoms with Gasteiger partial charge in [-0.3, -0.25) is 14.3 Å². The number of nitriles is 1. The zero-order chi connectivity index (χ0) is 25.9. The molecule has 1 aliphatic heterocycles. The van der Waals surface area contributed by atoms with Gasteiger partial charge in [0.05, 0.1) is 41.3 Å². The number of hydrogen-bond acceptors (Lipinski definition) is 9. The Labute approximate surface area is 212 Å². The van der Waals surface area contributed by atoms with E-state index in [2.05, 4.69) is 31.5 Å². The fourth-order valence-electron chi connectivity index (χ4n) is 4.42. The largest absolute Gasteiger partial charge is 0.465 e. The van der Waals surface area contributed by atoms with Crippen molar-refractivity contribution in [2.75, 3.05) is 29.9 Å². The molecule has 5 heterocycles. The Hall–Kier alpha value is -4.92. The van der Waals surface area contributed by atoms with Gasteiger partial charge in [-0.25, -0.2) is 9.50 Å². The van der Waals surface area contributed by atoms with Crippen LogP contribution in [0.3, 0.4) is 0 Å². The lowest BCUT2D eigenvalue weighted by atomic mass is 10.1. The number of nitrogens with two attached hydrogens (primary N) is 1. The fourth-order valence-corrected chi connectivity index (χ4v) is 4.42. The minimum atomic E-state index is -0.578. The van der Waals surface area contributed by atoms with Crippen LogP contribution in [0.25, 0.3) is 16.6 Å². The van der Waals surface area contributed by atoms with Crippen molar-refractivity contribution in [3.05, 3.63) is 60.3 Å². The lowest BCUT2D eigenvalue weighted by molar-refractivity contribution is -0.144. The molecule has 4 aromatic rings.